The number of rotatable bonds is 5. The highest BCUT2D eigenvalue weighted by Crippen LogP contribution is 2.46. The first-order valence-electron chi connectivity index (χ1n) is 11.1. The molecule has 2 aliphatic rings. The van der Waals surface area contributed by atoms with Gasteiger partial charge in [0.25, 0.3) is 0 Å². The predicted octanol–water partition coefficient (Wildman–Crippen LogP) is 5.35. The number of aryl methyl sites for hydroxylation is 1. The average molecular weight is 451 g/mol. The molecule has 6 heteroatoms. The molecule has 0 saturated carbocycles. The number of ether oxygens (including phenoxy) is 3. The minimum absolute atomic E-state index is 0.0987. The Labute approximate surface area is 199 Å². The molecule has 2 aliphatic heterocycles. The Bertz CT molecular complexity index is 1370. The highest BCUT2D eigenvalue weighted by molar-refractivity contribution is 6.56. The Hall–Kier alpha value is -3.93. The van der Waals surface area contributed by atoms with Gasteiger partial charge in [-0.1, -0.05) is 43.2 Å². The lowest BCUT2D eigenvalue weighted by molar-refractivity contribution is 0.0698. The third kappa shape index (κ3) is 3.75. The van der Waals surface area contributed by atoms with E-state index in [1.807, 2.05) is 58.4 Å². The minimum Gasteiger partial charge on any atom is -0.478 e. The van der Waals surface area contributed by atoms with E-state index >= 15 is 0 Å². The standard InChI is InChI=1S/C28H24BO5/c1-15-11-21-16(2)17(3)26(19-9-10-24-25(13-19)33-14-32-24)34-27(21)22(12-15)18(4)29-23-8-6-5-7-20(23)28(30)31/h5-13,18H,2,14H2,1,3-4H3,(H,30,31). The maximum absolute atomic E-state index is 11.7. The van der Waals surface area contributed by atoms with E-state index in [0.717, 1.165) is 44.9 Å². The van der Waals surface area contributed by atoms with Gasteiger partial charge in [-0.3, -0.25) is 0 Å². The topological polar surface area (TPSA) is 65.0 Å². The van der Waals surface area contributed by atoms with Crippen LogP contribution in [0.25, 0.3) is 11.3 Å². The van der Waals surface area contributed by atoms with Gasteiger partial charge in [0.05, 0.1) is 5.56 Å². The van der Waals surface area contributed by atoms with E-state index in [9.17, 15) is 9.90 Å². The molecule has 1 N–H and O–H groups in total. The lowest BCUT2D eigenvalue weighted by Crippen LogP contribution is -2.27. The van der Waals surface area contributed by atoms with E-state index in [0.29, 0.717) is 17.0 Å². The quantitative estimate of drug-likeness (QED) is 0.530. The molecule has 0 spiro atoms. The average Bonchev–Trinajstić information content (AvgIpc) is 3.29. The zero-order chi connectivity index (χ0) is 24.0. The van der Waals surface area contributed by atoms with Crippen LogP contribution in [0.3, 0.4) is 0 Å². The van der Waals surface area contributed by atoms with Crippen LogP contribution in [0.15, 0.2) is 66.7 Å². The normalized spacial score (nSPS) is 15.0. The summed E-state index contributed by atoms with van der Waals surface area (Å²) >= 11 is 0. The van der Waals surface area contributed by atoms with Gasteiger partial charge in [0.15, 0.2) is 18.8 Å². The van der Waals surface area contributed by atoms with Gasteiger partial charge in [-0.25, -0.2) is 4.79 Å². The second-order valence-electron chi connectivity index (χ2n) is 8.68. The number of benzene rings is 3. The van der Waals surface area contributed by atoms with Crippen molar-refractivity contribution in [1.82, 2.24) is 0 Å². The summed E-state index contributed by atoms with van der Waals surface area (Å²) in [4.78, 5) is 11.7. The molecule has 3 aromatic carbocycles. The Balaban J connectivity index is 1.55. The van der Waals surface area contributed by atoms with Crippen LogP contribution in [-0.4, -0.2) is 25.1 Å². The van der Waals surface area contributed by atoms with Crippen molar-refractivity contribution in [2.45, 2.75) is 26.6 Å². The third-order valence-electron chi connectivity index (χ3n) is 6.33. The molecule has 0 aromatic heterocycles. The van der Waals surface area contributed by atoms with Crippen LogP contribution >= 0.6 is 0 Å². The zero-order valence-electron chi connectivity index (χ0n) is 19.3. The van der Waals surface area contributed by atoms with Gasteiger partial charge >= 0.3 is 5.97 Å². The monoisotopic (exact) mass is 451 g/mol. The fourth-order valence-electron chi connectivity index (χ4n) is 4.50. The van der Waals surface area contributed by atoms with Gasteiger partial charge in [0.1, 0.15) is 11.5 Å². The van der Waals surface area contributed by atoms with Gasteiger partial charge in [-0.2, -0.15) is 0 Å². The van der Waals surface area contributed by atoms with Crippen molar-refractivity contribution < 1.29 is 24.1 Å². The van der Waals surface area contributed by atoms with E-state index < -0.39 is 5.97 Å². The maximum atomic E-state index is 11.7. The van der Waals surface area contributed by atoms with Crippen molar-refractivity contribution in [1.29, 1.82) is 0 Å². The first-order valence-corrected chi connectivity index (χ1v) is 11.1. The summed E-state index contributed by atoms with van der Waals surface area (Å²) in [6.07, 6.45) is 0. The number of fused-ring (bicyclic) bond motifs is 2. The smallest absolute Gasteiger partial charge is 0.335 e. The van der Waals surface area contributed by atoms with E-state index in [-0.39, 0.29) is 18.2 Å². The van der Waals surface area contributed by atoms with Crippen molar-refractivity contribution in [3.8, 4) is 17.2 Å². The summed E-state index contributed by atoms with van der Waals surface area (Å²) in [6.45, 7) is 10.7. The summed E-state index contributed by atoms with van der Waals surface area (Å²) in [6, 6.07) is 17.0. The zero-order valence-corrected chi connectivity index (χ0v) is 19.3. The summed E-state index contributed by atoms with van der Waals surface area (Å²) < 4.78 is 17.6. The number of carbonyl (C=O) groups is 1. The number of allylic oxidation sites excluding steroid dienone is 2. The molecule has 2 heterocycles. The van der Waals surface area contributed by atoms with Gasteiger partial charge in [0, 0.05) is 11.1 Å². The molecule has 0 amide bonds. The summed E-state index contributed by atoms with van der Waals surface area (Å²) in [5.41, 5.74) is 6.70. The number of hydrogen-bond donors (Lipinski definition) is 1. The lowest BCUT2D eigenvalue weighted by Gasteiger charge is -2.28. The Kier molecular flexibility index (Phi) is 5.44. The van der Waals surface area contributed by atoms with Crippen molar-refractivity contribution in [2.24, 2.45) is 0 Å². The van der Waals surface area contributed by atoms with Gasteiger partial charge in [-0.15, -0.1) is 0 Å². The summed E-state index contributed by atoms with van der Waals surface area (Å²) in [5, 5.41) is 9.60. The molecule has 0 bridgehead atoms. The van der Waals surface area contributed by atoms with E-state index in [2.05, 4.69) is 18.7 Å². The SMILES string of the molecule is C=C1C(C)=C(c2ccc3c(c2)OCO3)Oc2c1cc(C)cc2C(C)[B]c1ccccc1C(=O)O. The van der Waals surface area contributed by atoms with Crippen LogP contribution in [-0.2, 0) is 0 Å². The van der Waals surface area contributed by atoms with Crippen LogP contribution in [0, 0.1) is 6.92 Å². The van der Waals surface area contributed by atoms with Crippen LogP contribution < -0.4 is 19.7 Å². The molecule has 3 aromatic rings. The Morgan fingerprint density at radius 2 is 1.82 bits per heavy atom. The maximum Gasteiger partial charge on any atom is 0.335 e. The molecule has 0 fully saturated rings. The van der Waals surface area contributed by atoms with Crippen molar-refractivity contribution in [3.63, 3.8) is 0 Å². The number of aromatic carboxylic acids is 1. The van der Waals surface area contributed by atoms with E-state index in [1.165, 1.54) is 0 Å². The first kappa shape index (κ1) is 21.9. The second kappa shape index (κ2) is 8.45. The number of carboxylic acids is 1. The molecule has 5 nitrogen and oxygen atoms in total. The molecule has 34 heavy (non-hydrogen) atoms. The van der Waals surface area contributed by atoms with Gasteiger partial charge in [0.2, 0.25) is 6.79 Å². The molecule has 1 unspecified atom stereocenters. The van der Waals surface area contributed by atoms with Crippen molar-refractivity contribution >= 4 is 30.0 Å². The summed E-state index contributed by atoms with van der Waals surface area (Å²) in [5.74, 6) is 1.82. The van der Waals surface area contributed by atoms with Crippen LogP contribution in [0.4, 0.5) is 0 Å². The van der Waals surface area contributed by atoms with Crippen LogP contribution in [0.2, 0.25) is 0 Å². The van der Waals surface area contributed by atoms with Gasteiger partial charge in [-0.05, 0) is 72.3 Å². The molecule has 1 atom stereocenters. The Morgan fingerprint density at radius 1 is 1.06 bits per heavy atom. The third-order valence-corrected chi connectivity index (χ3v) is 6.33. The molecular formula is C28H24BO5. The lowest BCUT2D eigenvalue weighted by atomic mass is 9.56. The van der Waals surface area contributed by atoms with Crippen LogP contribution in [0.5, 0.6) is 17.2 Å². The van der Waals surface area contributed by atoms with Crippen molar-refractivity contribution in [2.75, 3.05) is 6.79 Å². The van der Waals surface area contributed by atoms with Crippen molar-refractivity contribution in [3.05, 3.63) is 94.6 Å². The number of hydrogen-bond acceptors (Lipinski definition) is 4. The predicted molar refractivity (Wildman–Crippen MR) is 133 cm³/mol. The second-order valence-corrected chi connectivity index (χ2v) is 8.68. The molecule has 5 rings (SSSR count). The molecule has 1 radical (unpaired) electrons. The largest absolute Gasteiger partial charge is 0.478 e. The molecule has 169 valence electrons. The minimum atomic E-state index is -0.946. The fourth-order valence-corrected chi connectivity index (χ4v) is 4.50. The number of carboxylic acid groups (broad SMARTS) is 1. The summed E-state index contributed by atoms with van der Waals surface area (Å²) in [7, 11) is 1.97. The highest BCUT2D eigenvalue weighted by Gasteiger charge is 2.28. The van der Waals surface area contributed by atoms with E-state index in [1.54, 1.807) is 12.1 Å². The van der Waals surface area contributed by atoms with Crippen LogP contribution in [0.1, 0.15) is 52.3 Å². The Morgan fingerprint density at radius 3 is 2.62 bits per heavy atom. The molecule has 0 saturated heterocycles. The first-order chi connectivity index (χ1) is 16.3. The highest BCUT2D eigenvalue weighted by atomic mass is 16.7. The molecular weight excluding hydrogens is 427 g/mol. The molecule has 0 aliphatic carbocycles. The fraction of sp³-hybridized carbons (Fsp3) is 0.179. The van der Waals surface area contributed by atoms with E-state index in [4.69, 9.17) is 14.2 Å². The van der Waals surface area contributed by atoms with Gasteiger partial charge < -0.3 is 19.3 Å².